The summed E-state index contributed by atoms with van der Waals surface area (Å²) in [6, 6.07) is 3.97. The van der Waals surface area contributed by atoms with Gasteiger partial charge in [-0.05, 0) is 52.7 Å². The van der Waals surface area contributed by atoms with E-state index in [1.165, 1.54) is 24.4 Å². The van der Waals surface area contributed by atoms with Crippen molar-refractivity contribution in [2.45, 2.75) is 67.8 Å². The van der Waals surface area contributed by atoms with Crippen LogP contribution in [0.1, 0.15) is 46.1 Å². The van der Waals surface area contributed by atoms with Crippen LogP contribution in [0.15, 0.2) is 34.3 Å². The number of rotatable bonds is 4. The summed E-state index contributed by atoms with van der Waals surface area (Å²) in [6.07, 6.45) is -2.30. The van der Waals surface area contributed by atoms with E-state index >= 15 is 0 Å². The van der Waals surface area contributed by atoms with E-state index in [9.17, 15) is 18.0 Å². The van der Waals surface area contributed by atoms with Gasteiger partial charge >= 0.3 is 12.3 Å². The summed E-state index contributed by atoms with van der Waals surface area (Å²) >= 11 is 0.770. The molecule has 0 saturated carbocycles. The maximum absolute atomic E-state index is 13.4. The molecule has 1 aliphatic heterocycles. The normalized spacial score (nSPS) is 16.3. The zero-order chi connectivity index (χ0) is 25.3. The number of carbonyl (C=O) groups is 1. The van der Waals surface area contributed by atoms with Crippen LogP contribution in [0.2, 0.25) is 0 Å². The van der Waals surface area contributed by atoms with Crippen molar-refractivity contribution in [3.63, 3.8) is 0 Å². The Balaban J connectivity index is 1.68. The van der Waals surface area contributed by atoms with E-state index in [0.717, 1.165) is 11.8 Å². The van der Waals surface area contributed by atoms with Gasteiger partial charge in [0.25, 0.3) is 0 Å². The molecule has 0 aliphatic carbocycles. The first-order valence-electron chi connectivity index (χ1n) is 10.7. The lowest BCUT2D eigenvalue weighted by Gasteiger charge is -2.40. The maximum Gasteiger partial charge on any atom is 0.419 e. The standard InChI is InChI=1S/C22H29F3N6O2S/c1-20(2,3)33-19(32)30-21(4)8-10-31(11-9-21)15-12-28-18(17(27)29-15)34-14-7-5-6-13(26)16(14)22(23,24)25/h5-7,12H,8-11,26H2,1-4H3,(H2,27,29)(H,30,32). The summed E-state index contributed by atoms with van der Waals surface area (Å²) in [5, 5.41) is 3.10. The number of alkyl halides is 3. The number of alkyl carbamates (subject to hydrolysis) is 1. The Morgan fingerprint density at radius 1 is 1.21 bits per heavy atom. The van der Waals surface area contributed by atoms with Crippen LogP contribution in [0.3, 0.4) is 0 Å². The number of nitrogens with one attached hydrogen (secondary N) is 1. The van der Waals surface area contributed by atoms with E-state index in [0.29, 0.717) is 31.7 Å². The summed E-state index contributed by atoms with van der Waals surface area (Å²) in [5.41, 5.74) is 9.30. The highest BCUT2D eigenvalue weighted by Gasteiger charge is 2.37. The molecule has 0 bridgehead atoms. The average Bonchev–Trinajstić information content (AvgIpc) is 2.67. The average molecular weight is 499 g/mol. The maximum atomic E-state index is 13.4. The van der Waals surface area contributed by atoms with Gasteiger partial charge in [-0.15, -0.1) is 0 Å². The van der Waals surface area contributed by atoms with Crippen molar-refractivity contribution in [3.8, 4) is 0 Å². The SMILES string of the molecule is CC1(NC(=O)OC(C)(C)C)CCN(c2cnc(Sc3cccc(N)c3C(F)(F)F)c(N)n2)CC1. The van der Waals surface area contributed by atoms with Crippen LogP contribution < -0.4 is 21.7 Å². The lowest BCUT2D eigenvalue weighted by atomic mass is 9.90. The molecular weight excluding hydrogens is 469 g/mol. The minimum Gasteiger partial charge on any atom is -0.444 e. The largest absolute Gasteiger partial charge is 0.444 e. The highest BCUT2D eigenvalue weighted by molar-refractivity contribution is 7.99. The summed E-state index contributed by atoms with van der Waals surface area (Å²) < 4.78 is 45.7. The molecule has 34 heavy (non-hydrogen) atoms. The smallest absolute Gasteiger partial charge is 0.419 e. The van der Waals surface area contributed by atoms with Crippen molar-refractivity contribution in [2.75, 3.05) is 29.5 Å². The topological polar surface area (TPSA) is 119 Å². The molecule has 8 nitrogen and oxygen atoms in total. The number of anilines is 3. The second-order valence-electron chi connectivity index (χ2n) is 9.41. The highest BCUT2D eigenvalue weighted by atomic mass is 32.2. The van der Waals surface area contributed by atoms with Crippen molar-refractivity contribution in [3.05, 3.63) is 30.0 Å². The zero-order valence-electron chi connectivity index (χ0n) is 19.5. The number of piperidine rings is 1. The van der Waals surface area contributed by atoms with Crippen LogP contribution in [-0.4, -0.2) is 40.3 Å². The fraction of sp³-hybridized carbons (Fsp3) is 0.500. The third-order valence-electron chi connectivity index (χ3n) is 5.29. The van der Waals surface area contributed by atoms with Gasteiger partial charge in [0.15, 0.2) is 5.82 Å². The number of halogens is 3. The van der Waals surface area contributed by atoms with E-state index in [2.05, 4.69) is 15.3 Å². The minimum absolute atomic E-state index is 0.0262. The van der Waals surface area contributed by atoms with Crippen molar-refractivity contribution in [1.29, 1.82) is 0 Å². The predicted octanol–water partition coefficient (Wildman–Crippen LogP) is 4.69. The Labute approximate surface area is 200 Å². The minimum atomic E-state index is -4.61. The molecule has 0 radical (unpaired) electrons. The first-order chi connectivity index (χ1) is 15.7. The Morgan fingerprint density at radius 2 is 1.85 bits per heavy atom. The predicted molar refractivity (Wildman–Crippen MR) is 126 cm³/mol. The molecular formula is C22H29F3N6O2S. The molecule has 12 heteroatoms. The van der Waals surface area contributed by atoms with Crippen LogP contribution >= 0.6 is 11.8 Å². The number of amides is 1. The van der Waals surface area contributed by atoms with Gasteiger partial charge in [-0.2, -0.15) is 13.2 Å². The van der Waals surface area contributed by atoms with E-state index in [1.807, 2.05) is 11.8 Å². The van der Waals surface area contributed by atoms with Gasteiger partial charge in [0.05, 0.1) is 11.8 Å². The van der Waals surface area contributed by atoms with Crippen LogP contribution in [0, 0.1) is 0 Å². The molecule has 1 fully saturated rings. The van der Waals surface area contributed by atoms with Gasteiger partial charge in [0.1, 0.15) is 16.4 Å². The number of ether oxygens (including phenoxy) is 1. The molecule has 1 aromatic heterocycles. The molecule has 0 atom stereocenters. The molecule has 1 aromatic carbocycles. The van der Waals surface area contributed by atoms with Crippen LogP contribution in [0.25, 0.3) is 0 Å². The number of hydrogen-bond acceptors (Lipinski definition) is 8. The van der Waals surface area contributed by atoms with Gasteiger partial charge in [-0.1, -0.05) is 17.8 Å². The van der Waals surface area contributed by atoms with Crippen molar-refractivity contribution >= 4 is 35.2 Å². The molecule has 1 saturated heterocycles. The third kappa shape index (κ3) is 6.37. The summed E-state index contributed by atoms with van der Waals surface area (Å²) in [6.45, 7) is 8.54. The number of benzene rings is 1. The van der Waals surface area contributed by atoms with Crippen molar-refractivity contribution in [2.24, 2.45) is 0 Å². The fourth-order valence-electron chi connectivity index (χ4n) is 3.56. The van der Waals surface area contributed by atoms with E-state index in [1.54, 1.807) is 20.8 Å². The molecule has 0 spiro atoms. The Morgan fingerprint density at radius 3 is 2.41 bits per heavy atom. The highest BCUT2D eigenvalue weighted by Crippen LogP contribution is 2.43. The van der Waals surface area contributed by atoms with Gasteiger partial charge < -0.3 is 26.4 Å². The molecule has 186 valence electrons. The first kappa shape index (κ1) is 25.7. The summed E-state index contributed by atoms with van der Waals surface area (Å²) in [5.74, 6) is 0.544. The number of hydrogen-bond donors (Lipinski definition) is 3. The lowest BCUT2D eigenvalue weighted by molar-refractivity contribution is -0.139. The van der Waals surface area contributed by atoms with Gasteiger partial charge in [-0.25, -0.2) is 14.8 Å². The Bertz CT molecular complexity index is 1050. The fourth-order valence-corrected chi connectivity index (χ4v) is 4.50. The van der Waals surface area contributed by atoms with Crippen molar-refractivity contribution in [1.82, 2.24) is 15.3 Å². The molecule has 2 heterocycles. The molecule has 5 N–H and O–H groups in total. The Kier molecular flexibility index (Phi) is 7.11. The van der Waals surface area contributed by atoms with E-state index in [4.69, 9.17) is 16.2 Å². The van der Waals surface area contributed by atoms with Crippen LogP contribution in [-0.2, 0) is 10.9 Å². The van der Waals surface area contributed by atoms with Crippen LogP contribution in [0.4, 0.5) is 35.3 Å². The number of aromatic nitrogens is 2. The summed E-state index contributed by atoms with van der Waals surface area (Å²) in [7, 11) is 0. The zero-order valence-corrected chi connectivity index (χ0v) is 20.3. The van der Waals surface area contributed by atoms with Gasteiger partial charge in [0.2, 0.25) is 0 Å². The number of nitrogens with zero attached hydrogens (tertiary/aromatic N) is 3. The second-order valence-corrected chi connectivity index (χ2v) is 10.4. The van der Waals surface area contributed by atoms with E-state index in [-0.39, 0.29) is 21.4 Å². The van der Waals surface area contributed by atoms with Gasteiger partial charge in [-0.3, -0.25) is 0 Å². The van der Waals surface area contributed by atoms with E-state index < -0.39 is 29.0 Å². The summed E-state index contributed by atoms with van der Waals surface area (Å²) in [4.78, 5) is 22.7. The number of nitrogen functional groups attached to an aromatic ring is 2. The monoisotopic (exact) mass is 498 g/mol. The molecule has 1 aliphatic rings. The quantitative estimate of drug-likeness (QED) is 0.519. The first-order valence-corrected chi connectivity index (χ1v) is 11.5. The second kappa shape index (κ2) is 9.40. The van der Waals surface area contributed by atoms with Crippen molar-refractivity contribution < 1.29 is 22.7 Å². The molecule has 3 rings (SSSR count). The van der Waals surface area contributed by atoms with Crippen LogP contribution in [0.5, 0.6) is 0 Å². The Hall–Kier alpha value is -2.89. The molecule has 0 unspecified atom stereocenters. The number of carbonyl (C=O) groups excluding carboxylic acids is 1. The third-order valence-corrected chi connectivity index (χ3v) is 6.36. The lowest BCUT2D eigenvalue weighted by Crippen LogP contribution is -2.54. The number of nitrogens with two attached hydrogens (primary N) is 2. The molecule has 2 aromatic rings. The molecule has 1 amide bonds. The van der Waals surface area contributed by atoms with Gasteiger partial charge in [0, 0.05) is 29.2 Å².